The molecule has 38 heavy (non-hydrogen) atoms. The third kappa shape index (κ3) is 7.03. The molecule has 1 N–H and O–H groups in total. The number of aryl methyl sites for hydroxylation is 1. The predicted octanol–water partition coefficient (Wildman–Crippen LogP) is 5.46. The number of imidazole rings is 1. The highest BCUT2D eigenvalue weighted by Gasteiger charge is 2.28. The number of piperazine rings is 1. The number of likely N-dealkylation sites (N-methyl/N-ethyl adjacent to an activating group) is 1. The number of carbonyl (C=O) groups is 1. The van der Waals surface area contributed by atoms with Crippen LogP contribution >= 0.6 is 23.2 Å². The van der Waals surface area contributed by atoms with Crippen LogP contribution in [-0.4, -0.2) is 82.4 Å². The van der Waals surface area contributed by atoms with Gasteiger partial charge in [-0.1, -0.05) is 43.0 Å². The summed E-state index contributed by atoms with van der Waals surface area (Å²) in [6.45, 7) is 14.4. The first kappa shape index (κ1) is 29.4. The van der Waals surface area contributed by atoms with Gasteiger partial charge in [0.25, 0.3) is 0 Å². The zero-order chi connectivity index (χ0) is 27.8. The second-order valence-corrected chi connectivity index (χ2v) is 10.3. The molecular weight excluding hydrogens is 519 g/mol. The van der Waals surface area contributed by atoms with Crippen molar-refractivity contribution in [2.75, 3.05) is 52.1 Å². The van der Waals surface area contributed by atoms with Crippen LogP contribution in [0.15, 0.2) is 72.1 Å². The van der Waals surface area contributed by atoms with E-state index in [0.717, 1.165) is 40.7 Å². The lowest BCUT2D eigenvalue weighted by Crippen LogP contribution is -2.50. The minimum atomic E-state index is -0.131. The van der Waals surface area contributed by atoms with E-state index in [-0.39, 0.29) is 17.8 Å². The van der Waals surface area contributed by atoms with Crippen LogP contribution in [0, 0.1) is 6.92 Å². The molecule has 2 aliphatic rings. The van der Waals surface area contributed by atoms with Crippen molar-refractivity contribution in [2.24, 2.45) is 0 Å². The van der Waals surface area contributed by atoms with Crippen LogP contribution < -0.4 is 5.32 Å². The van der Waals surface area contributed by atoms with Gasteiger partial charge in [0, 0.05) is 52.2 Å². The number of rotatable bonds is 10. The van der Waals surface area contributed by atoms with Crippen molar-refractivity contribution in [3.05, 3.63) is 83.6 Å². The maximum absolute atomic E-state index is 13.2. The Bertz CT molecular complexity index is 1200. The molecule has 9 heteroatoms. The molecule has 1 saturated heterocycles. The maximum Gasteiger partial charge on any atom is 0.242 e. The van der Waals surface area contributed by atoms with Crippen LogP contribution in [0.4, 0.5) is 5.82 Å². The maximum atomic E-state index is 13.2. The van der Waals surface area contributed by atoms with E-state index in [1.165, 1.54) is 0 Å². The van der Waals surface area contributed by atoms with Gasteiger partial charge in [-0.15, -0.1) is 11.6 Å². The summed E-state index contributed by atoms with van der Waals surface area (Å²) in [7, 11) is 3.94. The largest absolute Gasteiger partial charge is 0.378 e. The Kier molecular flexibility index (Phi) is 10.5. The molecule has 0 aromatic carbocycles. The number of allylic oxidation sites excluding steroid dienone is 10. The van der Waals surface area contributed by atoms with Gasteiger partial charge in [-0.3, -0.25) is 9.36 Å². The second-order valence-electron chi connectivity index (χ2n) is 9.40. The van der Waals surface area contributed by atoms with Gasteiger partial charge in [-0.05, 0) is 50.1 Å². The molecule has 0 spiro atoms. The Morgan fingerprint density at radius 1 is 1.24 bits per heavy atom. The zero-order valence-corrected chi connectivity index (χ0v) is 24.3. The Morgan fingerprint density at radius 3 is 2.55 bits per heavy atom. The highest BCUT2D eigenvalue weighted by atomic mass is 35.5. The standard InChI is InChI=1S/C29H38Cl2N6O/c1-7-9-15-37-22(4)33-27(21(3)13-14-23(8-2)34(5)6)29(37)32-20-26(38)35-16-18-36(19-17-35)28-24(30)11-10-12-25(28)31/h7-11,13-15,25,32H,1-2,12,16-20H2,3-6H3. The summed E-state index contributed by atoms with van der Waals surface area (Å²) in [4.78, 5) is 24.1. The molecule has 1 fully saturated rings. The molecule has 1 aromatic rings. The lowest BCUT2D eigenvalue weighted by atomic mass is 10.1. The van der Waals surface area contributed by atoms with Crippen molar-refractivity contribution in [1.82, 2.24) is 24.3 Å². The summed E-state index contributed by atoms with van der Waals surface area (Å²) >= 11 is 12.9. The topological polar surface area (TPSA) is 56.6 Å². The Labute approximate surface area is 236 Å². The molecule has 0 bridgehead atoms. The van der Waals surface area contributed by atoms with Crippen LogP contribution in [0.2, 0.25) is 0 Å². The van der Waals surface area contributed by atoms with Crippen molar-refractivity contribution in [1.29, 1.82) is 0 Å². The molecule has 1 aliphatic heterocycles. The van der Waals surface area contributed by atoms with Crippen molar-refractivity contribution in [3.63, 3.8) is 0 Å². The minimum Gasteiger partial charge on any atom is -0.378 e. The number of anilines is 1. The first-order valence-electron chi connectivity index (χ1n) is 12.7. The quantitative estimate of drug-likeness (QED) is 0.306. The molecule has 1 amide bonds. The van der Waals surface area contributed by atoms with Gasteiger partial charge in [-0.25, -0.2) is 4.98 Å². The Balaban J connectivity index is 1.75. The molecule has 1 aromatic heterocycles. The van der Waals surface area contributed by atoms with Crippen molar-refractivity contribution in [2.45, 2.75) is 25.6 Å². The van der Waals surface area contributed by atoms with Crippen LogP contribution in [-0.2, 0) is 4.79 Å². The van der Waals surface area contributed by atoms with Gasteiger partial charge in [0.05, 0.1) is 22.7 Å². The number of nitrogens with zero attached hydrogens (tertiary/aromatic N) is 5. The summed E-state index contributed by atoms with van der Waals surface area (Å²) in [6.07, 6.45) is 15.9. The lowest BCUT2D eigenvalue weighted by molar-refractivity contribution is -0.130. The molecule has 204 valence electrons. The molecule has 0 radical (unpaired) electrons. The van der Waals surface area contributed by atoms with Gasteiger partial charge in [-0.2, -0.15) is 0 Å². The SMILES string of the molecule is C=CC=Cn1c(C)nc(C(C)=CC=C(C=C)N(C)C)c1NCC(=O)N1CCN(C2=C(Cl)C=CCC2Cl)CC1. The number of hydrogen-bond acceptors (Lipinski definition) is 5. The van der Waals surface area contributed by atoms with E-state index in [4.69, 9.17) is 28.2 Å². The van der Waals surface area contributed by atoms with E-state index in [9.17, 15) is 4.79 Å². The fourth-order valence-corrected chi connectivity index (χ4v) is 5.22. The Hall–Kier alpha value is -3.16. The van der Waals surface area contributed by atoms with Gasteiger partial charge in [0.2, 0.25) is 5.91 Å². The number of halogens is 2. The van der Waals surface area contributed by atoms with E-state index >= 15 is 0 Å². The lowest BCUT2D eigenvalue weighted by Gasteiger charge is -2.39. The second kappa shape index (κ2) is 13.6. The van der Waals surface area contributed by atoms with Gasteiger partial charge < -0.3 is 20.0 Å². The summed E-state index contributed by atoms with van der Waals surface area (Å²) in [5, 5.41) is 3.91. The number of carbonyl (C=O) groups excluding carboxylic acids is 1. The fourth-order valence-electron chi connectivity index (χ4n) is 4.46. The van der Waals surface area contributed by atoms with Gasteiger partial charge in [0.1, 0.15) is 17.3 Å². The highest BCUT2D eigenvalue weighted by molar-refractivity contribution is 6.33. The third-order valence-corrected chi connectivity index (χ3v) is 7.30. The summed E-state index contributed by atoms with van der Waals surface area (Å²) in [5.41, 5.74) is 3.69. The summed E-state index contributed by atoms with van der Waals surface area (Å²) in [6, 6.07) is 0. The first-order valence-corrected chi connectivity index (χ1v) is 13.5. The Morgan fingerprint density at radius 2 is 1.95 bits per heavy atom. The first-order chi connectivity index (χ1) is 18.2. The monoisotopic (exact) mass is 556 g/mol. The van der Waals surface area contributed by atoms with Crippen molar-refractivity contribution >= 4 is 46.7 Å². The highest BCUT2D eigenvalue weighted by Crippen LogP contribution is 2.30. The smallest absolute Gasteiger partial charge is 0.242 e. The van der Waals surface area contributed by atoms with Crippen LogP contribution in [0.3, 0.4) is 0 Å². The van der Waals surface area contributed by atoms with Gasteiger partial charge >= 0.3 is 0 Å². The number of aromatic nitrogens is 2. The predicted molar refractivity (Wildman–Crippen MR) is 161 cm³/mol. The van der Waals surface area contributed by atoms with E-state index in [1.54, 1.807) is 12.2 Å². The molecule has 1 unspecified atom stereocenters. The number of alkyl halides is 1. The van der Waals surface area contributed by atoms with Crippen molar-refractivity contribution in [3.8, 4) is 0 Å². The summed E-state index contributed by atoms with van der Waals surface area (Å²) in [5.74, 6) is 1.59. The van der Waals surface area contributed by atoms with Crippen LogP contribution in [0.25, 0.3) is 11.8 Å². The number of amides is 1. The molecule has 1 atom stereocenters. The number of nitrogens with one attached hydrogen (secondary N) is 1. The zero-order valence-electron chi connectivity index (χ0n) is 22.8. The van der Waals surface area contributed by atoms with Crippen LogP contribution in [0.5, 0.6) is 0 Å². The molecule has 2 heterocycles. The van der Waals surface area contributed by atoms with E-state index in [0.29, 0.717) is 31.2 Å². The molecule has 3 rings (SSSR count). The molecular formula is C29H38Cl2N6O. The van der Waals surface area contributed by atoms with E-state index in [1.807, 2.05) is 78.9 Å². The summed E-state index contributed by atoms with van der Waals surface area (Å²) < 4.78 is 1.94. The van der Waals surface area contributed by atoms with E-state index in [2.05, 4.69) is 23.4 Å². The normalized spacial score (nSPS) is 18.8. The van der Waals surface area contributed by atoms with Crippen molar-refractivity contribution < 1.29 is 4.79 Å². The molecule has 7 nitrogen and oxygen atoms in total. The molecule has 1 aliphatic carbocycles. The average Bonchev–Trinajstić information content (AvgIpc) is 3.21. The van der Waals surface area contributed by atoms with E-state index < -0.39 is 0 Å². The fraction of sp³-hybridized carbons (Fsp3) is 0.379. The number of hydrogen-bond donors (Lipinski definition) is 1. The average molecular weight is 558 g/mol. The third-order valence-electron chi connectivity index (χ3n) is 6.59. The molecule has 0 saturated carbocycles. The minimum absolute atomic E-state index is 0.0304. The van der Waals surface area contributed by atoms with Crippen LogP contribution in [0.1, 0.15) is 24.9 Å². The van der Waals surface area contributed by atoms with Gasteiger partial charge in [0.15, 0.2) is 0 Å².